The summed E-state index contributed by atoms with van der Waals surface area (Å²) in [5, 5.41) is 0. The first-order valence-corrected chi connectivity index (χ1v) is 11.2. The molecule has 1 fully saturated rings. The first-order valence-electron chi connectivity index (χ1n) is 11.2. The molecule has 1 aliphatic rings. The molecule has 162 valence electrons. The van der Waals surface area contributed by atoms with Gasteiger partial charge < -0.3 is 9.69 Å². The molecule has 0 aliphatic carbocycles. The average Bonchev–Trinajstić information content (AvgIpc) is 2.72. The molecule has 0 saturated carbocycles. The molecule has 0 N–H and O–H groups in total. The van der Waals surface area contributed by atoms with Gasteiger partial charge in [-0.05, 0) is 73.4 Å². The Morgan fingerprint density at radius 2 is 1.65 bits per heavy atom. The lowest BCUT2D eigenvalue weighted by molar-refractivity contribution is -0.117. The van der Waals surface area contributed by atoms with E-state index < -0.39 is 0 Å². The largest absolute Gasteiger partial charge is 0.339 e. The molecule has 1 unspecified atom stereocenters. The van der Waals surface area contributed by atoms with Crippen molar-refractivity contribution in [1.82, 2.24) is 4.90 Å². The van der Waals surface area contributed by atoms with Crippen LogP contribution in [0, 0.1) is 23.2 Å². The molecule has 1 heterocycles. The SMILES string of the molecule is CC(=O)CC(C)Cc1ccc(C#Cc2cccc(C(=O)N3CCC(C)(C)CC3)c2)cc1. The van der Waals surface area contributed by atoms with Gasteiger partial charge in [0.25, 0.3) is 5.91 Å². The number of benzene rings is 2. The third-order valence-corrected chi connectivity index (χ3v) is 6.04. The minimum absolute atomic E-state index is 0.100. The molecule has 0 aromatic heterocycles. The summed E-state index contributed by atoms with van der Waals surface area (Å²) in [4.78, 5) is 26.1. The molecule has 31 heavy (non-hydrogen) atoms. The number of amides is 1. The van der Waals surface area contributed by atoms with Crippen molar-refractivity contribution in [3.05, 3.63) is 70.8 Å². The first-order chi connectivity index (χ1) is 14.7. The maximum atomic E-state index is 12.9. The second-order valence-corrected chi connectivity index (χ2v) is 9.70. The second kappa shape index (κ2) is 9.96. The predicted octanol–water partition coefficient (Wildman–Crippen LogP) is 5.51. The third kappa shape index (κ3) is 6.82. The van der Waals surface area contributed by atoms with E-state index in [1.807, 2.05) is 41.3 Å². The highest BCUT2D eigenvalue weighted by atomic mass is 16.2. The van der Waals surface area contributed by atoms with Crippen LogP contribution in [0.15, 0.2) is 48.5 Å². The quantitative estimate of drug-likeness (QED) is 0.604. The van der Waals surface area contributed by atoms with Crippen LogP contribution in [0.4, 0.5) is 0 Å². The highest BCUT2D eigenvalue weighted by Crippen LogP contribution is 2.30. The van der Waals surface area contributed by atoms with E-state index in [1.54, 1.807) is 6.92 Å². The van der Waals surface area contributed by atoms with Crippen LogP contribution in [0.1, 0.15) is 74.0 Å². The van der Waals surface area contributed by atoms with Crippen LogP contribution >= 0.6 is 0 Å². The zero-order chi connectivity index (χ0) is 22.4. The van der Waals surface area contributed by atoms with Crippen molar-refractivity contribution in [3.63, 3.8) is 0 Å². The number of hydrogen-bond donors (Lipinski definition) is 0. The second-order valence-electron chi connectivity index (χ2n) is 9.70. The summed E-state index contributed by atoms with van der Waals surface area (Å²) in [5.41, 5.74) is 4.05. The van der Waals surface area contributed by atoms with Crippen molar-refractivity contribution >= 4 is 11.7 Å². The number of carbonyl (C=O) groups excluding carboxylic acids is 2. The number of likely N-dealkylation sites (tertiary alicyclic amines) is 1. The zero-order valence-electron chi connectivity index (χ0n) is 19.2. The van der Waals surface area contributed by atoms with Gasteiger partial charge in [-0.25, -0.2) is 0 Å². The monoisotopic (exact) mass is 415 g/mol. The summed E-state index contributed by atoms with van der Waals surface area (Å²) in [6, 6.07) is 15.8. The highest BCUT2D eigenvalue weighted by molar-refractivity contribution is 5.94. The predicted molar refractivity (Wildman–Crippen MR) is 126 cm³/mol. The number of Topliss-reactive ketones (excluding diaryl/α,β-unsaturated/α-hetero) is 1. The summed E-state index contributed by atoms with van der Waals surface area (Å²) in [5.74, 6) is 7.08. The van der Waals surface area contributed by atoms with E-state index >= 15 is 0 Å². The summed E-state index contributed by atoms with van der Waals surface area (Å²) in [6.45, 7) is 9.92. The normalized spacial score (nSPS) is 16.2. The highest BCUT2D eigenvalue weighted by Gasteiger charge is 2.28. The van der Waals surface area contributed by atoms with Crippen molar-refractivity contribution < 1.29 is 9.59 Å². The standard InChI is InChI=1S/C28H33NO2/c1-21(18-22(2)30)19-25-12-9-23(10-13-25)8-11-24-6-5-7-26(20-24)27(31)29-16-14-28(3,4)15-17-29/h5-7,9-10,12-13,20-21H,14-19H2,1-4H3. The van der Waals surface area contributed by atoms with Gasteiger partial charge in [0.1, 0.15) is 5.78 Å². The Balaban J connectivity index is 1.64. The van der Waals surface area contributed by atoms with Gasteiger partial charge in [-0.1, -0.05) is 50.8 Å². The van der Waals surface area contributed by atoms with E-state index in [4.69, 9.17) is 0 Å². The van der Waals surface area contributed by atoms with E-state index in [-0.39, 0.29) is 11.7 Å². The smallest absolute Gasteiger partial charge is 0.253 e. The van der Waals surface area contributed by atoms with Gasteiger partial charge >= 0.3 is 0 Å². The van der Waals surface area contributed by atoms with Crippen LogP contribution in [-0.2, 0) is 11.2 Å². The Morgan fingerprint density at radius 1 is 1.00 bits per heavy atom. The fourth-order valence-corrected chi connectivity index (χ4v) is 4.06. The van der Waals surface area contributed by atoms with Gasteiger partial charge in [-0.2, -0.15) is 0 Å². The fourth-order valence-electron chi connectivity index (χ4n) is 4.06. The number of nitrogens with zero attached hydrogens (tertiary/aromatic N) is 1. The van der Waals surface area contributed by atoms with Gasteiger partial charge in [0, 0.05) is 36.2 Å². The molecular formula is C28H33NO2. The van der Waals surface area contributed by atoms with Gasteiger partial charge in [0.2, 0.25) is 0 Å². The number of hydrogen-bond acceptors (Lipinski definition) is 2. The van der Waals surface area contributed by atoms with Crippen LogP contribution in [-0.4, -0.2) is 29.7 Å². The maximum Gasteiger partial charge on any atom is 0.253 e. The number of ketones is 1. The summed E-state index contributed by atoms with van der Waals surface area (Å²) >= 11 is 0. The summed E-state index contributed by atoms with van der Waals surface area (Å²) in [6.07, 6.45) is 3.60. The topological polar surface area (TPSA) is 37.4 Å². The molecule has 0 spiro atoms. The molecular weight excluding hydrogens is 382 g/mol. The molecule has 1 aliphatic heterocycles. The minimum atomic E-state index is 0.100. The van der Waals surface area contributed by atoms with Crippen molar-refractivity contribution in [2.45, 2.75) is 53.4 Å². The summed E-state index contributed by atoms with van der Waals surface area (Å²) < 4.78 is 0. The van der Waals surface area contributed by atoms with Crippen LogP contribution in [0.3, 0.4) is 0 Å². The molecule has 3 rings (SSSR count). The molecule has 1 amide bonds. The van der Waals surface area contributed by atoms with Crippen molar-refractivity contribution in [2.75, 3.05) is 13.1 Å². The molecule has 0 radical (unpaired) electrons. The summed E-state index contributed by atoms with van der Waals surface area (Å²) in [7, 11) is 0. The Bertz CT molecular complexity index is 982. The van der Waals surface area contributed by atoms with E-state index in [0.717, 1.165) is 43.5 Å². The maximum absolute atomic E-state index is 12.9. The lowest BCUT2D eigenvalue weighted by Crippen LogP contribution is -2.41. The molecule has 3 nitrogen and oxygen atoms in total. The van der Waals surface area contributed by atoms with E-state index in [2.05, 4.69) is 44.7 Å². The Morgan fingerprint density at radius 3 is 2.29 bits per heavy atom. The lowest BCUT2D eigenvalue weighted by atomic mass is 9.82. The molecule has 2 aromatic rings. The van der Waals surface area contributed by atoms with E-state index in [9.17, 15) is 9.59 Å². The lowest BCUT2D eigenvalue weighted by Gasteiger charge is -2.37. The van der Waals surface area contributed by atoms with Gasteiger partial charge in [-0.15, -0.1) is 0 Å². The molecule has 2 aromatic carbocycles. The molecule has 0 bridgehead atoms. The van der Waals surface area contributed by atoms with Crippen molar-refractivity contribution in [2.24, 2.45) is 11.3 Å². The van der Waals surface area contributed by atoms with Crippen LogP contribution < -0.4 is 0 Å². The molecule has 1 saturated heterocycles. The van der Waals surface area contributed by atoms with Crippen LogP contribution in [0.25, 0.3) is 0 Å². The minimum Gasteiger partial charge on any atom is -0.339 e. The van der Waals surface area contributed by atoms with Crippen molar-refractivity contribution in [3.8, 4) is 11.8 Å². The van der Waals surface area contributed by atoms with E-state index in [0.29, 0.717) is 23.3 Å². The van der Waals surface area contributed by atoms with Gasteiger partial charge in [0.15, 0.2) is 0 Å². The Labute approximate surface area is 186 Å². The van der Waals surface area contributed by atoms with Gasteiger partial charge in [0.05, 0.1) is 0 Å². The first kappa shape index (κ1) is 22.8. The van der Waals surface area contributed by atoms with Gasteiger partial charge in [-0.3, -0.25) is 4.79 Å². The van der Waals surface area contributed by atoms with Crippen LogP contribution in [0.2, 0.25) is 0 Å². The molecule has 1 atom stereocenters. The van der Waals surface area contributed by atoms with E-state index in [1.165, 1.54) is 5.56 Å². The number of rotatable bonds is 5. The number of carbonyl (C=O) groups is 2. The zero-order valence-corrected chi connectivity index (χ0v) is 19.2. The van der Waals surface area contributed by atoms with Crippen molar-refractivity contribution in [1.29, 1.82) is 0 Å². The Kier molecular flexibility index (Phi) is 7.33. The fraction of sp³-hybridized carbons (Fsp3) is 0.429. The van der Waals surface area contributed by atoms with Crippen LogP contribution in [0.5, 0.6) is 0 Å². The Hall–Kier alpha value is -2.86. The average molecular weight is 416 g/mol. The third-order valence-electron chi connectivity index (χ3n) is 6.04. The molecule has 3 heteroatoms. The number of piperidine rings is 1.